The smallest absolute Gasteiger partial charge is 0.313 e. The fourth-order valence-corrected chi connectivity index (χ4v) is 3.11. The number of hydrogen-bond donors (Lipinski definition) is 1. The monoisotopic (exact) mass is 409 g/mol. The zero-order valence-corrected chi connectivity index (χ0v) is 17.9. The van der Waals surface area contributed by atoms with Gasteiger partial charge >= 0.3 is 5.97 Å². The zero-order valence-electron chi connectivity index (χ0n) is 17.1. The lowest BCUT2D eigenvalue weighted by Gasteiger charge is -1.97. The maximum atomic E-state index is 11.1. The van der Waals surface area contributed by atoms with Crippen LogP contribution in [0.2, 0.25) is 0 Å². The SMILES string of the molecule is CCCCC/C=C/C/C=C/C/C=C(/C/C=C/CCCCSCC(=O)O)[N+](=O)[O-]. The molecule has 0 unspecified atom stereocenters. The number of carboxylic acid groups (broad SMARTS) is 1. The largest absolute Gasteiger partial charge is 0.481 e. The molecule has 0 saturated heterocycles. The van der Waals surface area contributed by atoms with E-state index in [1.807, 2.05) is 24.3 Å². The van der Waals surface area contributed by atoms with Crippen LogP contribution in [0.5, 0.6) is 0 Å². The van der Waals surface area contributed by atoms with Crippen LogP contribution in [0.3, 0.4) is 0 Å². The van der Waals surface area contributed by atoms with E-state index in [4.69, 9.17) is 5.11 Å². The second-order valence-electron chi connectivity index (χ2n) is 6.48. The molecule has 0 saturated carbocycles. The number of nitro groups is 1. The molecule has 28 heavy (non-hydrogen) atoms. The first-order valence-electron chi connectivity index (χ1n) is 10.2. The van der Waals surface area contributed by atoms with E-state index >= 15 is 0 Å². The second kappa shape index (κ2) is 19.9. The molecule has 1 N–H and O–H groups in total. The highest BCUT2D eigenvalue weighted by molar-refractivity contribution is 7.99. The minimum absolute atomic E-state index is 0.149. The number of nitrogens with zero attached hydrogens (tertiary/aromatic N) is 1. The van der Waals surface area contributed by atoms with Crippen molar-refractivity contribution in [3.05, 3.63) is 58.3 Å². The van der Waals surface area contributed by atoms with Gasteiger partial charge in [-0.3, -0.25) is 14.9 Å². The maximum Gasteiger partial charge on any atom is 0.313 e. The average Bonchev–Trinajstić information content (AvgIpc) is 2.65. The van der Waals surface area contributed by atoms with Crippen LogP contribution in [0.15, 0.2) is 48.2 Å². The first-order chi connectivity index (χ1) is 13.6. The average molecular weight is 410 g/mol. The summed E-state index contributed by atoms with van der Waals surface area (Å²) in [4.78, 5) is 21.2. The number of rotatable bonds is 18. The summed E-state index contributed by atoms with van der Waals surface area (Å²) in [6.07, 6.45) is 23.3. The van der Waals surface area contributed by atoms with E-state index < -0.39 is 5.97 Å². The summed E-state index contributed by atoms with van der Waals surface area (Å²) >= 11 is 1.42. The van der Waals surface area contributed by atoms with Crippen LogP contribution in [0, 0.1) is 10.1 Å². The molecule has 158 valence electrons. The molecule has 0 aromatic carbocycles. The van der Waals surface area contributed by atoms with Gasteiger partial charge in [0.25, 0.3) is 0 Å². The van der Waals surface area contributed by atoms with Crippen molar-refractivity contribution in [2.75, 3.05) is 11.5 Å². The van der Waals surface area contributed by atoms with Gasteiger partial charge in [-0.25, -0.2) is 0 Å². The summed E-state index contributed by atoms with van der Waals surface area (Å²) < 4.78 is 0. The Bertz CT molecular complexity index is 539. The number of unbranched alkanes of at least 4 members (excludes halogenated alkanes) is 5. The van der Waals surface area contributed by atoms with Crippen LogP contribution >= 0.6 is 11.8 Å². The minimum Gasteiger partial charge on any atom is -0.481 e. The fourth-order valence-electron chi connectivity index (χ4n) is 2.38. The Kier molecular flexibility index (Phi) is 18.6. The molecule has 0 radical (unpaired) electrons. The van der Waals surface area contributed by atoms with Crippen molar-refractivity contribution in [1.82, 2.24) is 0 Å². The molecule has 0 fully saturated rings. The first-order valence-corrected chi connectivity index (χ1v) is 11.3. The summed E-state index contributed by atoms with van der Waals surface area (Å²) in [5, 5.41) is 19.6. The van der Waals surface area contributed by atoms with Crippen LogP contribution in [-0.4, -0.2) is 27.5 Å². The molecule has 0 amide bonds. The van der Waals surface area contributed by atoms with Gasteiger partial charge in [-0.1, -0.05) is 56.2 Å². The van der Waals surface area contributed by atoms with Crippen LogP contribution < -0.4 is 0 Å². The standard InChI is InChI=1S/C22H35NO4S/c1-2-3-4-5-6-7-8-9-11-14-17-21(23(26)27)18-15-12-10-13-16-19-28-20-22(24)25/h6-7,9,11-12,15,17H,2-5,8,10,13-14,16,18-20H2,1H3,(H,24,25)/b7-6+,11-9+,15-12+,21-17-. The third kappa shape index (κ3) is 19.0. The normalized spacial score (nSPS) is 12.5. The highest BCUT2D eigenvalue weighted by atomic mass is 32.2. The quantitative estimate of drug-likeness (QED) is 0.120. The molecule has 6 heteroatoms. The lowest BCUT2D eigenvalue weighted by Crippen LogP contribution is -1.98. The molecule has 0 spiro atoms. The molecular formula is C22H35NO4S. The summed E-state index contributed by atoms with van der Waals surface area (Å²) in [7, 11) is 0. The minimum atomic E-state index is -0.780. The highest BCUT2D eigenvalue weighted by Gasteiger charge is 2.06. The Morgan fingerprint density at radius 3 is 2.29 bits per heavy atom. The van der Waals surface area contributed by atoms with Crippen molar-refractivity contribution in [2.24, 2.45) is 0 Å². The van der Waals surface area contributed by atoms with Crippen molar-refractivity contribution >= 4 is 17.7 Å². The van der Waals surface area contributed by atoms with E-state index in [0.29, 0.717) is 12.8 Å². The van der Waals surface area contributed by atoms with Crippen LogP contribution in [0.1, 0.15) is 71.1 Å². The number of allylic oxidation sites excluding steroid dienone is 7. The van der Waals surface area contributed by atoms with E-state index in [-0.39, 0.29) is 16.4 Å². The van der Waals surface area contributed by atoms with E-state index in [1.54, 1.807) is 6.08 Å². The van der Waals surface area contributed by atoms with Gasteiger partial charge < -0.3 is 5.11 Å². The molecule has 0 atom stereocenters. The Morgan fingerprint density at radius 2 is 1.61 bits per heavy atom. The predicted octanol–water partition coefficient (Wildman–Crippen LogP) is 6.55. The summed E-state index contributed by atoms with van der Waals surface area (Å²) in [5.74, 6) is 0.203. The predicted molar refractivity (Wildman–Crippen MR) is 119 cm³/mol. The number of hydrogen-bond acceptors (Lipinski definition) is 4. The number of carbonyl (C=O) groups is 1. The zero-order chi connectivity index (χ0) is 20.9. The van der Waals surface area contributed by atoms with Crippen molar-refractivity contribution in [1.29, 1.82) is 0 Å². The lowest BCUT2D eigenvalue weighted by atomic mass is 10.2. The van der Waals surface area contributed by atoms with Crippen molar-refractivity contribution in [3.63, 3.8) is 0 Å². The summed E-state index contributed by atoms with van der Waals surface area (Å²) in [5.41, 5.74) is 0.230. The Labute approximate surface area is 173 Å². The van der Waals surface area contributed by atoms with Gasteiger partial charge in [0, 0.05) is 0 Å². The summed E-state index contributed by atoms with van der Waals surface area (Å²) in [6, 6.07) is 0. The van der Waals surface area contributed by atoms with E-state index in [0.717, 1.165) is 37.9 Å². The molecule has 0 aliphatic rings. The van der Waals surface area contributed by atoms with Gasteiger partial charge in [-0.2, -0.15) is 11.8 Å². The number of thioether (sulfide) groups is 1. The maximum absolute atomic E-state index is 11.1. The first kappa shape index (κ1) is 26.2. The van der Waals surface area contributed by atoms with Gasteiger partial charge in [0.1, 0.15) is 0 Å². The Balaban J connectivity index is 3.93. The Hall–Kier alpha value is -1.82. The molecule has 0 aliphatic heterocycles. The Morgan fingerprint density at radius 1 is 0.964 bits per heavy atom. The molecular weight excluding hydrogens is 374 g/mol. The fraction of sp³-hybridized carbons (Fsp3) is 0.591. The van der Waals surface area contributed by atoms with Crippen molar-refractivity contribution < 1.29 is 14.8 Å². The summed E-state index contributed by atoms with van der Waals surface area (Å²) in [6.45, 7) is 2.20. The molecule has 0 aromatic heterocycles. The van der Waals surface area contributed by atoms with Gasteiger partial charge in [0.05, 0.1) is 17.1 Å². The van der Waals surface area contributed by atoms with E-state index in [2.05, 4.69) is 19.1 Å². The van der Waals surface area contributed by atoms with Gasteiger partial charge in [0.2, 0.25) is 5.70 Å². The molecule has 0 bridgehead atoms. The molecule has 0 heterocycles. The van der Waals surface area contributed by atoms with Gasteiger partial charge in [-0.05, 0) is 56.8 Å². The lowest BCUT2D eigenvalue weighted by molar-refractivity contribution is -0.427. The van der Waals surface area contributed by atoms with Gasteiger partial charge in [0.15, 0.2) is 0 Å². The molecule has 5 nitrogen and oxygen atoms in total. The van der Waals surface area contributed by atoms with Gasteiger partial charge in [-0.15, -0.1) is 0 Å². The third-order valence-corrected chi connectivity index (χ3v) is 4.96. The molecule has 0 aliphatic carbocycles. The van der Waals surface area contributed by atoms with Crippen molar-refractivity contribution in [2.45, 2.75) is 71.1 Å². The topological polar surface area (TPSA) is 80.4 Å². The number of carboxylic acids is 1. The highest BCUT2D eigenvalue weighted by Crippen LogP contribution is 2.09. The van der Waals surface area contributed by atoms with Crippen LogP contribution in [0.25, 0.3) is 0 Å². The second-order valence-corrected chi connectivity index (χ2v) is 7.59. The molecule has 0 rings (SSSR count). The third-order valence-electron chi connectivity index (χ3n) is 3.93. The van der Waals surface area contributed by atoms with Crippen LogP contribution in [0.4, 0.5) is 0 Å². The van der Waals surface area contributed by atoms with Crippen molar-refractivity contribution in [3.8, 4) is 0 Å². The van der Waals surface area contributed by atoms with Crippen LogP contribution in [-0.2, 0) is 4.79 Å². The molecule has 0 aromatic rings. The van der Waals surface area contributed by atoms with E-state index in [1.165, 1.54) is 31.0 Å². The van der Waals surface area contributed by atoms with E-state index in [9.17, 15) is 14.9 Å². The number of aliphatic carboxylic acids is 1.